The van der Waals surface area contributed by atoms with Gasteiger partial charge in [0.15, 0.2) is 5.65 Å². The maximum absolute atomic E-state index is 5.70. The van der Waals surface area contributed by atoms with Gasteiger partial charge in [0.25, 0.3) is 0 Å². The molecule has 1 aromatic carbocycles. The molecule has 8 nitrogen and oxygen atoms in total. The zero-order chi connectivity index (χ0) is 21.3. The van der Waals surface area contributed by atoms with Gasteiger partial charge >= 0.3 is 0 Å². The Morgan fingerprint density at radius 1 is 1.13 bits per heavy atom. The number of hydrogen-bond acceptors (Lipinski definition) is 7. The van der Waals surface area contributed by atoms with Gasteiger partial charge in [0.1, 0.15) is 11.6 Å². The number of ether oxygens (including phenoxy) is 4. The van der Waals surface area contributed by atoms with Crippen molar-refractivity contribution in [1.29, 1.82) is 0 Å². The van der Waals surface area contributed by atoms with E-state index in [1.54, 1.807) is 21.3 Å². The maximum Gasteiger partial charge on any atom is 0.165 e. The quantitative estimate of drug-likeness (QED) is 0.609. The van der Waals surface area contributed by atoms with Crippen molar-refractivity contribution in [2.24, 2.45) is 0 Å². The van der Waals surface area contributed by atoms with Crippen molar-refractivity contribution in [2.45, 2.75) is 33.1 Å². The van der Waals surface area contributed by atoms with Gasteiger partial charge < -0.3 is 24.3 Å². The Bertz CT molecular complexity index is 1060. The summed E-state index contributed by atoms with van der Waals surface area (Å²) in [6.07, 6.45) is 0. The fraction of sp³-hybridized carbons (Fsp3) is 0.455. The van der Waals surface area contributed by atoms with Crippen LogP contribution >= 0.6 is 0 Å². The van der Waals surface area contributed by atoms with E-state index >= 15 is 0 Å². The molecule has 8 heteroatoms. The van der Waals surface area contributed by atoms with Crippen LogP contribution in [0.5, 0.6) is 5.75 Å². The third-order valence-corrected chi connectivity index (χ3v) is 5.39. The Labute approximate surface area is 176 Å². The predicted octanol–water partition coefficient (Wildman–Crippen LogP) is 3.13. The molecule has 4 rings (SSSR count). The van der Waals surface area contributed by atoms with E-state index in [1.165, 1.54) is 0 Å². The summed E-state index contributed by atoms with van der Waals surface area (Å²) in [4.78, 5) is 4.94. The summed E-state index contributed by atoms with van der Waals surface area (Å²) in [6.45, 7) is 6.11. The van der Waals surface area contributed by atoms with E-state index in [4.69, 9.17) is 29.0 Å². The van der Waals surface area contributed by atoms with Crippen molar-refractivity contribution in [1.82, 2.24) is 14.6 Å². The SMILES string of the molecule is COCC(COC)Nc1c2c(nc3c(-c4ccc(OC)cc4C)c(C)nn13)COC2. The minimum absolute atomic E-state index is 0.0222. The number of methoxy groups -OCH3 is 3. The fourth-order valence-corrected chi connectivity index (χ4v) is 3.99. The molecule has 0 radical (unpaired) electrons. The van der Waals surface area contributed by atoms with Gasteiger partial charge in [0.2, 0.25) is 0 Å². The second kappa shape index (κ2) is 8.59. The van der Waals surface area contributed by atoms with Gasteiger partial charge in [-0.1, -0.05) is 6.07 Å². The fourth-order valence-electron chi connectivity index (χ4n) is 3.99. The summed E-state index contributed by atoms with van der Waals surface area (Å²) in [5.41, 5.74) is 6.90. The van der Waals surface area contributed by atoms with Crippen LogP contribution in [0.25, 0.3) is 16.8 Å². The van der Waals surface area contributed by atoms with E-state index in [0.29, 0.717) is 26.4 Å². The first-order valence-corrected chi connectivity index (χ1v) is 9.95. The molecule has 1 N–H and O–H groups in total. The number of hydrogen-bond donors (Lipinski definition) is 1. The van der Waals surface area contributed by atoms with Crippen molar-refractivity contribution < 1.29 is 18.9 Å². The maximum atomic E-state index is 5.70. The van der Waals surface area contributed by atoms with E-state index in [9.17, 15) is 0 Å². The first-order valence-electron chi connectivity index (χ1n) is 9.95. The van der Waals surface area contributed by atoms with E-state index in [0.717, 1.165) is 50.9 Å². The highest BCUT2D eigenvalue weighted by Crippen LogP contribution is 2.36. The third kappa shape index (κ3) is 3.62. The molecule has 0 amide bonds. The average molecular weight is 412 g/mol. The first kappa shape index (κ1) is 20.6. The Balaban J connectivity index is 1.88. The number of nitrogens with zero attached hydrogens (tertiary/aromatic N) is 3. The van der Waals surface area contributed by atoms with Gasteiger partial charge in [-0.3, -0.25) is 0 Å². The molecule has 0 unspecified atom stereocenters. The van der Waals surface area contributed by atoms with Gasteiger partial charge in [-0.2, -0.15) is 9.61 Å². The van der Waals surface area contributed by atoms with Crippen molar-refractivity contribution in [3.63, 3.8) is 0 Å². The number of aromatic nitrogens is 3. The molecule has 0 bridgehead atoms. The normalized spacial score (nSPS) is 13.3. The summed E-state index contributed by atoms with van der Waals surface area (Å²) in [5.74, 6) is 1.71. The van der Waals surface area contributed by atoms with E-state index in [1.807, 2.05) is 23.6 Å². The Morgan fingerprint density at radius 3 is 2.57 bits per heavy atom. The topological polar surface area (TPSA) is 79.1 Å². The van der Waals surface area contributed by atoms with Crippen LogP contribution in [0.2, 0.25) is 0 Å². The molecular formula is C22H28N4O4. The van der Waals surface area contributed by atoms with E-state index in [2.05, 4.69) is 18.3 Å². The summed E-state index contributed by atoms with van der Waals surface area (Å²) in [5, 5.41) is 8.41. The standard InChI is InChI=1S/C22H28N4O4/c1-13-8-16(29-5)6-7-17(13)20-14(2)25-26-21(23-15(9-27-3)10-28-4)18-11-30-12-19(18)24-22(20)26/h6-8,15,23H,9-12H2,1-5H3. The Morgan fingerprint density at radius 2 is 1.90 bits per heavy atom. The molecular weight excluding hydrogens is 384 g/mol. The number of aryl methyl sites for hydroxylation is 2. The molecule has 2 aromatic heterocycles. The Kier molecular flexibility index (Phi) is 5.90. The van der Waals surface area contributed by atoms with Crippen LogP contribution in [0.1, 0.15) is 22.5 Å². The van der Waals surface area contributed by atoms with Gasteiger partial charge in [-0.05, 0) is 37.1 Å². The van der Waals surface area contributed by atoms with Crippen molar-refractivity contribution in [3.8, 4) is 16.9 Å². The largest absolute Gasteiger partial charge is 0.497 e. The van der Waals surface area contributed by atoms with Gasteiger partial charge in [-0.15, -0.1) is 0 Å². The molecule has 3 heterocycles. The van der Waals surface area contributed by atoms with Crippen LogP contribution in [0.4, 0.5) is 5.82 Å². The first-order chi connectivity index (χ1) is 14.6. The summed E-state index contributed by atoms with van der Waals surface area (Å²) in [6, 6.07) is 6.04. The van der Waals surface area contributed by atoms with Crippen molar-refractivity contribution in [3.05, 3.63) is 40.7 Å². The third-order valence-electron chi connectivity index (χ3n) is 5.39. The summed E-state index contributed by atoms with van der Waals surface area (Å²) in [7, 11) is 5.04. The molecule has 0 atom stereocenters. The van der Waals surface area contributed by atoms with E-state index in [-0.39, 0.29) is 6.04 Å². The van der Waals surface area contributed by atoms with E-state index < -0.39 is 0 Å². The molecule has 0 aliphatic carbocycles. The lowest BCUT2D eigenvalue weighted by Crippen LogP contribution is -2.31. The van der Waals surface area contributed by atoms with Crippen LogP contribution in [0.3, 0.4) is 0 Å². The minimum Gasteiger partial charge on any atom is -0.497 e. The van der Waals surface area contributed by atoms with Crippen LogP contribution in [-0.2, 0) is 27.4 Å². The highest BCUT2D eigenvalue weighted by atomic mass is 16.5. The van der Waals surface area contributed by atoms with Gasteiger partial charge in [-0.25, -0.2) is 4.98 Å². The summed E-state index contributed by atoms with van der Waals surface area (Å²) < 4.78 is 23.7. The van der Waals surface area contributed by atoms with Gasteiger partial charge in [0.05, 0.1) is 51.0 Å². The van der Waals surface area contributed by atoms with Gasteiger partial charge in [0, 0.05) is 25.3 Å². The minimum atomic E-state index is -0.0222. The second-order valence-electron chi connectivity index (χ2n) is 7.51. The number of fused-ring (bicyclic) bond motifs is 2. The predicted molar refractivity (Wildman–Crippen MR) is 114 cm³/mol. The number of anilines is 1. The molecule has 1 aliphatic heterocycles. The van der Waals surface area contributed by atoms with Crippen molar-refractivity contribution in [2.75, 3.05) is 39.9 Å². The van der Waals surface area contributed by atoms with Crippen LogP contribution in [-0.4, -0.2) is 55.2 Å². The lowest BCUT2D eigenvalue weighted by molar-refractivity contribution is 0.125. The smallest absolute Gasteiger partial charge is 0.165 e. The monoisotopic (exact) mass is 412 g/mol. The molecule has 0 saturated carbocycles. The van der Waals surface area contributed by atoms with Crippen LogP contribution < -0.4 is 10.1 Å². The zero-order valence-electron chi connectivity index (χ0n) is 18.1. The Hall–Kier alpha value is -2.68. The molecule has 0 saturated heterocycles. The number of nitrogens with one attached hydrogen (secondary N) is 1. The number of rotatable bonds is 8. The highest BCUT2D eigenvalue weighted by Gasteiger charge is 2.26. The average Bonchev–Trinajstić information content (AvgIpc) is 3.32. The lowest BCUT2D eigenvalue weighted by atomic mass is 10.0. The van der Waals surface area contributed by atoms with Crippen LogP contribution in [0.15, 0.2) is 18.2 Å². The highest BCUT2D eigenvalue weighted by molar-refractivity contribution is 5.83. The second-order valence-corrected chi connectivity index (χ2v) is 7.51. The molecule has 0 fully saturated rings. The molecule has 3 aromatic rings. The molecule has 160 valence electrons. The zero-order valence-corrected chi connectivity index (χ0v) is 18.1. The lowest BCUT2D eigenvalue weighted by Gasteiger charge is -2.20. The molecule has 1 aliphatic rings. The molecule has 30 heavy (non-hydrogen) atoms. The van der Waals surface area contributed by atoms with Crippen molar-refractivity contribution >= 4 is 11.5 Å². The molecule has 0 spiro atoms. The summed E-state index contributed by atoms with van der Waals surface area (Å²) >= 11 is 0. The van der Waals surface area contributed by atoms with Crippen LogP contribution in [0, 0.1) is 13.8 Å². The number of benzene rings is 1.